The van der Waals surface area contributed by atoms with E-state index >= 15 is 0 Å². The molecule has 0 saturated carbocycles. The zero-order valence-corrected chi connectivity index (χ0v) is 13.4. The number of hydrogen-bond acceptors (Lipinski definition) is 7. The molecule has 120 valence electrons. The normalized spacial score (nSPS) is 12.4. The summed E-state index contributed by atoms with van der Waals surface area (Å²) in [5.41, 5.74) is 3.23. The minimum atomic E-state index is -0.583. The SMILES string of the molecule is COc1ccc2c(c1)Cc1sc(N=Cc3ccc([N+](=O)[O-])o3)nc1-2. The lowest BCUT2D eigenvalue weighted by molar-refractivity contribution is -0.402. The van der Waals surface area contributed by atoms with Gasteiger partial charge < -0.3 is 9.15 Å². The first-order valence-corrected chi connectivity index (χ1v) is 7.91. The van der Waals surface area contributed by atoms with Crippen LogP contribution in [0.1, 0.15) is 16.2 Å². The third kappa shape index (κ3) is 2.46. The number of nitrogens with zero attached hydrogens (tertiary/aromatic N) is 3. The third-order valence-corrected chi connectivity index (χ3v) is 4.66. The summed E-state index contributed by atoms with van der Waals surface area (Å²) in [6, 6.07) is 8.74. The molecule has 1 aliphatic rings. The van der Waals surface area contributed by atoms with Gasteiger partial charge in [-0.15, -0.1) is 0 Å². The van der Waals surface area contributed by atoms with Crippen molar-refractivity contribution in [2.24, 2.45) is 4.99 Å². The van der Waals surface area contributed by atoms with Crippen molar-refractivity contribution >= 4 is 28.6 Å². The van der Waals surface area contributed by atoms with Gasteiger partial charge in [-0.1, -0.05) is 11.3 Å². The summed E-state index contributed by atoms with van der Waals surface area (Å²) in [4.78, 5) is 20.0. The maximum absolute atomic E-state index is 10.6. The molecule has 0 fully saturated rings. The smallest absolute Gasteiger partial charge is 0.433 e. The molecule has 1 aliphatic carbocycles. The second-order valence-electron chi connectivity index (χ2n) is 5.16. The van der Waals surface area contributed by atoms with Crippen LogP contribution in [0.4, 0.5) is 11.0 Å². The van der Waals surface area contributed by atoms with Crippen molar-refractivity contribution in [3.05, 3.63) is 56.6 Å². The van der Waals surface area contributed by atoms with E-state index in [9.17, 15) is 10.1 Å². The third-order valence-electron chi connectivity index (χ3n) is 3.70. The molecule has 0 aliphatic heterocycles. The van der Waals surface area contributed by atoms with Crippen molar-refractivity contribution in [2.75, 3.05) is 7.11 Å². The van der Waals surface area contributed by atoms with Crippen molar-refractivity contribution in [3.8, 4) is 17.0 Å². The van der Waals surface area contributed by atoms with Crippen molar-refractivity contribution in [1.82, 2.24) is 4.98 Å². The molecule has 0 unspecified atom stereocenters. The Morgan fingerprint density at radius 3 is 3.04 bits per heavy atom. The fourth-order valence-electron chi connectivity index (χ4n) is 2.60. The highest BCUT2D eigenvalue weighted by atomic mass is 32.1. The highest BCUT2D eigenvalue weighted by molar-refractivity contribution is 7.15. The molecule has 3 aromatic rings. The Balaban J connectivity index is 1.59. The highest BCUT2D eigenvalue weighted by Gasteiger charge is 2.23. The van der Waals surface area contributed by atoms with Gasteiger partial charge in [-0.3, -0.25) is 10.1 Å². The van der Waals surface area contributed by atoms with Crippen LogP contribution in [0.5, 0.6) is 5.75 Å². The molecular weight excluding hydrogens is 330 g/mol. The number of furan rings is 1. The Bertz CT molecular complexity index is 974. The number of methoxy groups -OCH3 is 1. The molecule has 4 rings (SSSR count). The monoisotopic (exact) mass is 341 g/mol. The minimum Gasteiger partial charge on any atom is -0.497 e. The van der Waals surface area contributed by atoms with E-state index in [0.29, 0.717) is 10.9 Å². The van der Waals surface area contributed by atoms with Crippen LogP contribution in [0, 0.1) is 10.1 Å². The molecule has 1 aromatic carbocycles. The van der Waals surface area contributed by atoms with Crippen molar-refractivity contribution < 1.29 is 14.1 Å². The molecule has 2 heterocycles. The van der Waals surface area contributed by atoms with Crippen molar-refractivity contribution in [3.63, 3.8) is 0 Å². The molecule has 0 spiro atoms. The Morgan fingerprint density at radius 1 is 1.42 bits per heavy atom. The van der Waals surface area contributed by atoms with E-state index in [1.54, 1.807) is 7.11 Å². The van der Waals surface area contributed by atoms with Crippen LogP contribution in [-0.2, 0) is 6.42 Å². The summed E-state index contributed by atoms with van der Waals surface area (Å²) in [6.07, 6.45) is 2.25. The van der Waals surface area contributed by atoms with E-state index < -0.39 is 4.92 Å². The number of hydrogen-bond donors (Lipinski definition) is 0. The quantitative estimate of drug-likeness (QED) is 0.318. The second-order valence-corrected chi connectivity index (χ2v) is 6.22. The van der Waals surface area contributed by atoms with Gasteiger partial charge >= 0.3 is 5.88 Å². The van der Waals surface area contributed by atoms with E-state index in [2.05, 4.69) is 9.98 Å². The summed E-state index contributed by atoms with van der Waals surface area (Å²) in [5, 5.41) is 11.2. The molecule has 2 aromatic heterocycles. The molecule has 0 N–H and O–H groups in total. The van der Waals surface area contributed by atoms with Crippen LogP contribution in [0.2, 0.25) is 0 Å². The fraction of sp³-hybridized carbons (Fsp3) is 0.125. The summed E-state index contributed by atoms with van der Waals surface area (Å²) in [6.45, 7) is 0. The van der Waals surface area contributed by atoms with Crippen molar-refractivity contribution in [2.45, 2.75) is 6.42 Å². The standard InChI is InChI=1S/C16H11N3O4S/c1-22-10-2-4-12-9(6-10)7-13-15(12)18-16(24-13)17-8-11-3-5-14(23-11)19(20)21/h2-6,8H,7H2,1H3. The number of thiazole rings is 1. The summed E-state index contributed by atoms with van der Waals surface area (Å²) < 4.78 is 10.3. The average Bonchev–Trinajstić information content (AvgIpc) is 3.26. The van der Waals surface area contributed by atoms with E-state index in [1.807, 2.05) is 18.2 Å². The topological polar surface area (TPSA) is 90.8 Å². The highest BCUT2D eigenvalue weighted by Crippen LogP contribution is 2.42. The van der Waals surface area contributed by atoms with E-state index in [-0.39, 0.29) is 5.88 Å². The van der Waals surface area contributed by atoms with Gasteiger partial charge in [-0.05, 0) is 29.8 Å². The summed E-state index contributed by atoms with van der Waals surface area (Å²) in [7, 11) is 1.65. The van der Waals surface area contributed by atoms with Gasteiger partial charge in [0.05, 0.1) is 25.1 Å². The van der Waals surface area contributed by atoms with E-state index in [0.717, 1.165) is 28.3 Å². The lowest BCUT2D eigenvalue weighted by Gasteiger charge is -2.03. The number of aliphatic imine (C=N–C) groups is 1. The summed E-state index contributed by atoms with van der Waals surface area (Å²) in [5.74, 6) is 0.852. The van der Waals surface area contributed by atoms with Gasteiger partial charge in [0.25, 0.3) is 0 Å². The second kappa shape index (κ2) is 5.57. The fourth-order valence-corrected chi connectivity index (χ4v) is 3.54. The number of nitro groups is 1. The predicted molar refractivity (Wildman–Crippen MR) is 89.5 cm³/mol. The number of benzene rings is 1. The molecule has 8 heteroatoms. The molecular formula is C16H11N3O4S. The van der Waals surface area contributed by atoms with Gasteiger partial charge in [0.1, 0.15) is 10.7 Å². The molecule has 0 saturated heterocycles. The molecule has 0 amide bonds. The Kier molecular flexibility index (Phi) is 3.39. The van der Waals surface area contributed by atoms with Gasteiger partial charge in [0.2, 0.25) is 5.13 Å². The first kappa shape index (κ1) is 14.6. The lowest BCUT2D eigenvalue weighted by Crippen LogP contribution is -1.86. The van der Waals surface area contributed by atoms with Crippen molar-refractivity contribution in [1.29, 1.82) is 0 Å². The van der Waals surface area contributed by atoms with Gasteiger partial charge in [0.15, 0.2) is 5.76 Å². The maximum atomic E-state index is 10.6. The Labute approximate surface area is 140 Å². The zero-order valence-electron chi connectivity index (χ0n) is 12.6. The predicted octanol–water partition coefficient (Wildman–Crippen LogP) is 3.97. The molecule has 0 radical (unpaired) electrons. The Hall–Kier alpha value is -3.00. The molecule has 7 nitrogen and oxygen atoms in total. The van der Waals surface area contributed by atoms with E-state index in [1.165, 1.54) is 35.2 Å². The van der Waals surface area contributed by atoms with Crippen LogP contribution < -0.4 is 4.74 Å². The summed E-state index contributed by atoms with van der Waals surface area (Å²) >= 11 is 1.50. The first-order chi connectivity index (χ1) is 11.6. The lowest BCUT2D eigenvalue weighted by atomic mass is 10.1. The van der Waals surface area contributed by atoms with Crippen LogP contribution in [0.3, 0.4) is 0 Å². The number of aromatic nitrogens is 1. The maximum Gasteiger partial charge on any atom is 0.433 e. The molecule has 0 bridgehead atoms. The average molecular weight is 341 g/mol. The molecule has 24 heavy (non-hydrogen) atoms. The van der Waals surface area contributed by atoms with Gasteiger partial charge in [-0.25, -0.2) is 9.98 Å². The number of rotatable bonds is 4. The Morgan fingerprint density at radius 2 is 2.29 bits per heavy atom. The minimum absolute atomic E-state index is 0.305. The van der Waals surface area contributed by atoms with Crippen LogP contribution in [0.25, 0.3) is 11.3 Å². The largest absolute Gasteiger partial charge is 0.497 e. The number of ether oxygens (including phenoxy) is 1. The van der Waals surface area contributed by atoms with E-state index in [4.69, 9.17) is 9.15 Å². The van der Waals surface area contributed by atoms with Crippen LogP contribution in [-0.4, -0.2) is 23.2 Å². The number of fused-ring (bicyclic) bond motifs is 3. The van der Waals surface area contributed by atoms with Gasteiger partial charge in [-0.2, -0.15) is 0 Å². The molecule has 0 atom stereocenters. The first-order valence-electron chi connectivity index (χ1n) is 7.09. The van der Waals surface area contributed by atoms with Gasteiger partial charge in [0, 0.05) is 16.9 Å². The van der Waals surface area contributed by atoms with Crippen LogP contribution in [0.15, 0.2) is 39.7 Å². The van der Waals surface area contributed by atoms with Crippen LogP contribution >= 0.6 is 11.3 Å². The zero-order chi connectivity index (χ0) is 16.7.